The Balaban J connectivity index is 0. The van der Waals surface area contributed by atoms with Gasteiger partial charge < -0.3 is 43.8 Å². The van der Waals surface area contributed by atoms with Gasteiger partial charge in [0.05, 0.1) is 39.9 Å². The number of rotatable bonds is 4. The average molecular weight is 628 g/mol. The smallest absolute Gasteiger partial charge is 1.00 e. The second kappa shape index (κ2) is 15.8. The first kappa shape index (κ1) is 31.2. The molecule has 31 heavy (non-hydrogen) atoms. The number of hydrogen-bond donors (Lipinski definition) is 0. The number of fused-ring (bicyclic) bond motifs is 2. The van der Waals surface area contributed by atoms with Crippen LogP contribution in [0.3, 0.4) is 0 Å². The number of methoxy groups -OCH3 is 4. The van der Waals surface area contributed by atoms with Crippen LogP contribution in [0.4, 0.5) is 0 Å². The van der Waals surface area contributed by atoms with E-state index in [9.17, 15) is 0 Å². The maximum Gasteiger partial charge on any atom is 4.00 e. The predicted molar refractivity (Wildman–Crippen MR) is 117 cm³/mol. The number of benzene rings is 2. The van der Waals surface area contributed by atoms with Crippen LogP contribution in [0.15, 0.2) is 73.8 Å². The number of ether oxygens (including phenoxy) is 4. The third kappa shape index (κ3) is 7.03. The summed E-state index contributed by atoms with van der Waals surface area (Å²) in [5.41, 5.74) is 0. The molecule has 4 nitrogen and oxygen atoms in total. The Morgan fingerprint density at radius 2 is 0.839 bits per heavy atom. The van der Waals surface area contributed by atoms with E-state index in [1.54, 1.807) is 28.4 Å². The summed E-state index contributed by atoms with van der Waals surface area (Å²) >= 11 is 0. The zero-order valence-corrected chi connectivity index (χ0v) is 23.2. The standard InChI is InChI=1S/2C11H11O2.C2H4.2ClH.Hf/c2*1-12-10-6-7-11(13-2)9-5-3-4-8(9)10;1-2;;;/h2*3-7H,1-2H3;1-2H2;2*1H;/q2*-1;;;;+4/p-2. The second-order valence-electron chi connectivity index (χ2n) is 5.65. The largest absolute Gasteiger partial charge is 4.00 e. The SMILES string of the molecule is C=C.COc1ccc(OC)c2[cH-]ccc12.COc1ccc(OC)c2[cH-]ccc12.[Cl-].[Cl-].[Hf+4]. The number of hydrogen-bond acceptors (Lipinski definition) is 4. The zero-order chi connectivity index (χ0) is 20.5. The molecule has 0 aliphatic heterocycles. The van der Waals surface area contributed by atoms with Crippen molar-refractivity contribution in [1.82, 2.24) is 0 Å². The van der Waals surface area contributed by atoms with Gasteiger partial charge in [0, 0.05) is 11.5 Å². The Hall–Kier alpha value is -1.95. The van der Waals surface area contributed by atoms with Crippen LogP contribution >= 0.6 is 0 Å². The Kier molecular flexibility index (Phi) is 15.9. The van der Waals surface area contributed by atoms with Crippen LogP contribution in [0.2, 0.25) is 0 Å². The molecule has 0 amide bonds. The van der Waals surface area contributed by atoms with E-state index in [2.05, 4.69) is 13.2 Å². The minimum atomic E-state index is 0. The third-order valence-electron chi connectivity index (χ3n) is 4.35. The summed E-state index contributed by atoms with van der Waals surface area (Å²) < 4.78 is 20.9. The van der Waals surface area contributed by atoms with Gasteiger partial charge in [-0.15, -0.1) is 36.1 Å². The van der Waals surface area contributed by atoms with Crippen LogP contribution in [0.1, 0.15) is 0 Å². The minimum Gasteiger partial charge on any atom is -1.00 e. The van der Waals surface area contributed by atoms with Crippen LogP contribution < -0.4 is 43.8 Å². The molecule has 0 saturated heterocycles. The quantitative estimate of drug-likeness (QED) is 0.181. The van der Waals surface area contributed by atoms with E-state index in [1.807, 2.05) is 60.7 Å². The molecule has 0 heterocycles. The molecule has 0 N–H and O–H groups in total. The molecule has 164 valence electrons. The van der Waals surface area contributed by atoms with Crippen LogP contribution in [0, 0.1) is 0 Å². The third-order valence-corrected chi connectivity index (χ3v) is 4.35. The van der Waals surface area contributed by atoms with E-state index >= 15 is 0 Å². The molecule has 0 aromatic heterocycles. The fraction of sp³-hybridized carbons (Fsp3) is 0.167. The summed E-state index contributed by atoms with van der Waals surface area (Å²) in [5.74, 6) is 3.56. The van der Waals surface area contributed by atoms with E-state index in [0.29, 0.717) is 0 Å². The van der Waals surface area contributed by atoms with E-state index < -0.39 is 0 Å². The molecule has 0 radical (unpaired) electrons. The predicted octanol–water partition coefficient (Wildman–Crippen LogP) is -0.0405. The first-order valence-corrected chi connectivity index (χ1v) is 8.76. The van der Waals surface area contributed by atoms with Crippen LogP contribution in [0.5, 0.6) is 23.0 Å². The molecule has 4 aromatic carbocycles. The Labute approximate surface area is 215 Å². The Morgan fingerprint density at radius 3 is 1.13 bits per heavy atom. The van der Waals surface area contributed by atoms with Crippen molar-refractivity contribution in [2.24, 2.45) is 0 Å². The van der Waals surface area contributed by atoms with Gasteiger partial charge in [-0.25, -0.2) is 0 Å². The summed E-state index contributed by atoms with van der Waals surface area (Å²) in [6, 6.07) is 19.8. The maximum atomic E-state index is 5.23. The molecule has 4 aromatic rings. The van der Waals surface area contributed by atoms with Gasteiger partial charge in [0.1, 0.15) is 0 Å². The fourth-order valence-electron chi connectivity index (χ4n) is 3.07. The summed E-state index contributed by atoms with van der Waals surface area (Å²) in [6.45, 7) is 6.00. The van der Waals surface area contributed by atoms with Gasteiger partial charge in [-0.05, 0) is 12.1 Å². The molecule has 4 rings (SSSR count). The first-order chi connectivity index (χ1) is 13.7. The summed E-state index contributed by atoms with van der Waals surface area (Å²) in [5, 5.41) is 4.40. The van der Waals surface area contributed by atoms with E-state index in [1.165, 1.54) is 0 Å². The summed E-state index contributed by atoms with van der Waals surface area (Å²) in [4.78, 5) is 0. The van der Waals surface area contributed by atoms with Crippen molar-refractivity contribution >= 4 is 21.5 Å². The maximum absolute atomic E-state index is 5.23. The molecule has 0 spiro atoms. The zero-order valence-electron chi connectivity index (χ0n) is 18.1. The van der Waals surface area contributed by atoms with Gasteiger partial charge in [-0.1, -0.05) is 22.9 Å². The fourth-order valence-corrected chi connectivity index (χ4v) is 3.07. The van der Waals surface area contributed by atoms with Crippen molar-refractivity contribution in [2.75, 3.05) is 28.4 Å². The molecular formula is C24H26Cl2HfO4. The van der Waals surface area contributed by atoms with Gasteiger partial charge in [0.2, 0.25) is 0 Å². The molecule has 0 unspecified atom stereocenters. The molecule has 0 fully saturated rings. The van der Waals surface area contributed by atoms with E-state index in [-0.39, 0.29) is 50.7 Å². The van der Waals surface area contributed by atoms with Crippen LogP contribution in [-0.4, -0.2) is 28.4 Å². The van der Waals surface area contributed by atoms with Crippen LogP contribution in [0.25, 0.3) is 21.5 Å². The van der Waals surface area contributed by atoms with Gasteiger partial charge >= 0.3 is 25.8 Å². The first-order valence-electron chi connectivity index (χ1n) is 8.76. The molecular weight excluding hydrogens is 602 g/mol. The second-order valence-corrected chi connectivity index (χ2v) is 5.65. The Morgan fingerprint density at radius 1 is 0.548 bits per heavy atom. The molecule has 7 heteroatoms. The number of halogens is 2. The monoisotopic (exact) mass is 628 g/mol. The van der Waals surface area contributed by atoms with Gasteiger partial charge in [-0.3, -0.25) is 0 Å². The molecule has 0 aliphatic rings. The Bertz CT molecular complexity index is 869. The summed E-state index contributed by atoms with van der Waals surface area (Å²) in [7, 11) is 6.70. The van der Waals surface area contributed by atoms with Gasteiger partial charge in [-0.2, -0.15) is 24.3 Å². The van der Waals surface area contributed by atoms with E-state index in [0.717, 1.165) is 44.5 Å². The van der Waals surface area contributed by atoms with Crippen molar-refractivity contribution in [1.29, 1.82) is 0 Å². The van der Waals surface area contributed by atoms with Crippen LogP contribution in [-0.2, 0) is 25.8 Å². The van der Waals surface area contributed by atoms with Crippen molar-refractivity contribution in [2.45, 2.75) is 0 Å². The van der Waals surface area contributed by atoms with Crippen molar-refractivity contribution < 1.29 is 69.6 Å². The van der Waals surface area contributed by atoms with Crippen molar-refractivity contribution in [3.05, 3.63) is 73.8 Å². The summed E-state index contributed by atoms with van der Waals surface area (Å²) in [6.07, 6.45) is 0. The van der Waals surface area contributed by atoms with Gasteiger partial charge in [0.25, 0.3) is 0 Å². The molecule has 0 bridgehead atoms. The molecule has 0 aliphatic carbocycles. The topological polar surface area (TPSA) is 36.9 Å². The van der Waals surface area contributed by atoms with Crippen molar-refractivity contribution in [3.8, 4) is 23.0 Å². The van der Waals surface area contributed by atoms with Gasteiger partial charge in [0.15, 0.2) is 0 Å². The molecule has 0 atom stereocenters. The normalized spacial score (nSPS) is 8.77. The minimum absolute atomic E-state index is 0. The molecule has 0 saturated carbocycles. The van der Waals surface area contributed by atoms with E-state index in [4.69, 9.17) is 18.9 Å². The average Bonchev–Trinajstić information content (AvgIpc) is 3.44. The van der Waals surface area contributed by atoms with Crippen molar-refractivity contribution in [3.63, 3.8) is 0 Å².